The number of nitrogens with two attached hydrogens (primary N) is 1. The van der Waals surface area contributed by atoms with Crippen molar-refractivity contribution in [3.05, 3.63) is 28.5 Å². The molecule has 0 aliphatic rings. The molecule has 0 aliphatic heterocycles. The van der Waals surface area contributed by atoms with E-state index in [2.05, 4.69) is 20.9 Å². The number of halogens is 1. The van der Waals surface area contributed by atoms with E-state index >= 15 is 0 Å². The Morgan fingerprint density at radius 3 is 2.85 bits per heavy atom. The molecule has 0 bridgehead atoms. The maximum atomic E-state index is 5.44. The molecule has 13 heavy (non-hydrogen) atoms. The molecule has 0 aliphatic carbocycles. The van der Waals surface area contributed by atoms with Crippen molar-refractivity contribution in [3.63, 3.8) is 0 Å². The number of hydrogen-bond donors (Lipinski definition) is 1. The molecule has 0 atom stereocenters. The Kier molecular flexibility index (Phi) is 3.62. The van der Waals surface area contributed by atoms with Crippen LogP contribution in [-0.4, -0.2) is 22.0 Å². The van der Waals surface area contributed by atoms with E-state index < -0.39 is 0 Å². The summed E-state index contributed by atoms with van der Waals surface area (Å²) in [7, 11) is 1.85. The quantitative estimate of drug-likeness (QED) is 0.646. The van der Waals surface area contributed by atoms with Gasteiger partial charge >= 0.3 is 0 Å². The predicted octanol–water partition coefficient (Wildman–Crippen LogP) is 1.52. The fraction of sp³-hybridized carbons (Fsp3) is 0.250. The third kappa shape index (κ3) is 3.28. The minimum atomic E-state index is 0.392. The van der Waals surface area contributed by atoms with E-state index in [1.54, 1.807) is 11.1 Å². The summed E-state index contributed by atoms with van der Waals surface area (Å²) in [6, 6.07) is 3.87. The van der Waals surface area contributed by atoms with Crippen molar-refractivity contribution >= 4 is 33.3 Å². The Morgan fingerprint density at radius 2 is 2.38 bits per heavy atom. The van der Waals surface area contributed by atoms with Gasteiger partial charge in [0.15, 0.2) is 5.11 Å². The summed E-state index contributed by atoms with van der Waals surface area (Å²) in [6.45, 7) is 0.690. The summed E-state index contributed by atoms with van der Waals surface area (Å²) >= 11 is 8.08. The molecule has 3 nitrogen and oxygen atoms in total. The monoisotopic (exact) mass is 259 g/mol. The van der Waals surface area contributed by atoms with Crippen molar-refractivity contribution in [2.45, 2.75) is 6.54 Å². The van der Waals surface area contributed by atoms with E-state index in [4.69, 9.17) is 18.0 Å². The van der Waals surface area contributed by atoms with Crippen LogP contribution in [-0.2, 0) is 6.54 Å². The average molecular weight is 260 g/mol. The highest BCUT2D eigenvalue weighted by molar-refractivity contribution is 9.10. The lowest BCUT2D eigenvalue weighted by molar-refractivity contribution is 0.503. The summed E-state index contributed by atoms with van der Waals surface area (Å²) in [6.07, 6.45) is 1.79. The van der Waals surface area contributed by atoms with Gasteiger partial charge in [-0.1, -0.05) is 6.07 Å². The molecule has 0 saturated carbocycles. The van der Waals surface area contributed by atoms with Crippen LogP contribution in [0.3, 0.4) is 0 Å². The lowest BCUT2D eigenvalue weighted by Gasteiger charge is -2.16. The zero-order valence-electron chi connectivity index (χ0n) is 7.20. The SMILES string of the molecule is CN(Cc1ccc(Br)nc1)C(N)=S. The molecular weight excluding hydrogens is 250 g/mol. The van der Waals surface area contributed by atoms with Gasteiger partial charge < -0.3 is 10.6 Å². The van der Waals surface area contributed by atoms with Gasteiger partial charge in [-0.25, -0.2) is 4.98 Å². The van der Waals surface area contributed by atoms with Crippen LogP contribution < -0.4 is 5.73 Å². The van der Waals surface area contributed by atoms with Gasteiger partial charge in [0.1, 0.15) is 4.60 Å². The summed E-state index contributed by atoms with van der Waals surface area (Å²) in [5.74, 6) is 0. The van der Waals surface area contributed by atoms with Gasteiger partial charge in [0.25, 0.3) is 0 Å². The Balaban J connectivity index is 2.64. The second-order valence-corrected chi connectivity index (χ2v) is 3.91. The molecule has 0 spiro atoms. The van der Waals surface area contributed by atoms with Crippen LogP contribution in [0.2, 0.25) is 0 Å². The molecule has 0 fully saturated rings. The molecule has 1 aromatic rings. The molecule has 0 aromatic carbocycles. The third-order valence-electron chi connectivity index (χ3n) is 1.58. The normalized spacial score (nSPS) is 9.69. The van der Waals surface area contributed by atoms with Crippen LogP contribution in [0.5, 0.6) is 0 Å². The number of hydrogen-bond acceptors (Lipinski definition) is 2. The second-order valence-electron chi connectivity index (χ2n) is 2.68. The molecule has 5 heteroatoms. The summed E-state index contributed by atoms with van der Waals surface area (Å²) in [4.78, 5) is 5.89. The number of nitrogens with zero attached hydrogens (tertiary/aromatic N) is 2. The van der Waals surface area contributed by atoms with Crippen molar-refractivity contribution in [2.24, 2.45) is 5.73 Å². The molecule has 0 unspecified atom stereocenters. The Morgan fingerprint density at radius 1 is 1.69 bits per heavy atom. The predicted molar refractivity (Wildman–Crippen MR) is 60.2 cm³/mol. The van der Waals surface area contributed by atoms with Crippen LogP contribution in [0.4, 0.5) is 0 Å². The molecule has 1 heterocycles. The first-order chi connectivity index (χ1) is 6.09. The fourth-order valence-electron chi connectivity index (χ4n) is 0.852. The molecule has 2 N–H and O–H groups in total. The van der Waals surface area contributed by atoms with Gasteiger partial charge in [-0.05, 0) is 39.8 Å². The molecule has 1 aromatic heterocycles. The Labute approximate surface area is 91.1 Å². The first-order valence-electron chi connectivity index (χ1n) is 3.70. The maximum absolute atomic E-state index is 5.44. The average Bonchev–Trinajstić information content (AvgIpc) is 2.08. The van der Waals surface area contributed by atoms with Crippen LogP contribution in [0.1, 0.15) is 5.56 Å². The van der Waals surface area contributed by atoms with E-state index in [0.29, 0.717) is 11.7 Å². The smallest absolute Gasteiger partial charge is 0.166 e. The maximum Gasteiger partial charge on any atom is 0.166 e. The standard InChI is InChI=1S/C8H10BrN3S/c1-12(8(10)13)5-6-2-3-7(9)11-4-6/h2-4H,5H2,1H3,(H2,10,13). The molecular formula is C8H10BrN3S. The van der Waals surface area contributed by atoms with Crippen molar-refractivity contribution in [1.29, 1.82) is 0 Å². The molecule has 70 valence electrons. The van der Waals surface area contributed by atoms with Crippen LogP contribution in [0, 0.1) is 0 Å². The number of pyridine rings is 1. The van der Waals surface area contributed by atoms with Gasteiger partial charge in [0, 0.05) is 19.8 Å². The van der Waals surface area contributed by atoms with Crippen molar-refractivity contribution in [1.82, 2.24) is 9.88 Å². The van der Waals surface area contributed by atoms with E-state index in [1.165, 1.54) is 0 Å². The molecule has 0 amide bonds. The Bertz CT molecular complexity index is 299. The van der Waals surface area contributed by atoms with E-state index in [9.17, 15) is 0 Å². The van der Waals surface area contributed by atoms with Crippen LogP contribution in [0.25, 0.3) is 0 Å². The molecule has 0 radical (unpaired) electrons. The highest BCUT2D eigenvalue weighted by Crippen LogP contribution is 2.07. The molecule has 0 saturated heterocycles. The first kappa shape index (κ1) is 10.4. The lowest BCUT2D eigenvalue weighted by atomic mass is 10.3. The lowest BCUT2D eigenvalue weighted by Crippen LogP contribution is -2.31. The zero-order chi connectivity index (χ0) is 9.84. The van der Waals surface area contributed by atoms with Crippen LogP contribution >= 0.6 is 28.1 Å². The van der Waals surface area contributed by atoms with Gasteiger partial charge in [0.2, 0.25) is 0 Å². The van der Waals surface area contributed by atoms with Gasteiger partial charge in [-0.2, -0.15) is 0 Å². The topological polar surface area (TPSA) is 42.2 Å². The first-order valence-corrected chi connectivity index (χ1v) is 4.90. The number of thiocarbonyl (C=S) groups is 1. The number of rotatable bonds is 2. The largest absolute Gasteiger partial charge is 0.376 e. The summed E-state index contributed by atoms with van der Waals surface area (Å²) in [5.41, 5.74) is 6.52. The third-order valence-corrected chi connectivity index (χ3v) is 2.37. The van der Waals surface area contributed by atoms with E-state index in [0.717, 1.165) is 10.2 Å². The van der Waals surface area contributed by atoms with Crippen molar-refractivity contribution in [3.8, 4) is 0 Å². The fourth-order valence-corrected chi connectivity index (χ4v) is 1.15. The molecule has 1 rings (SSSR count). The zero-order valence-corrected chi connectivity index (χ0v) is 9.60. The minimum absolute atomic E-state index is 0.392. The summed E-state index contributed by atoms with van der Waals surface area (Å²) in [5, 5.41) is 0.392. The highest BCUT2D eigenvalue weighted by atomic mass is 79.9. The highest BCUT2D eigenvalue weighted by Gasteiger charge is 2.00. The van der Waals surface area contributed by atoms with Crippen LogP contribution in [0.15, 0.2) is 22.9 Å². The minimum Gasteiger partial charge on any atom is -0.376 e. The van der Waals surface area contributed by atoms with Gasteiger partial charge in [-0.15, -0.1) is 0 Å². The number of aromatic nitrogens is 1. The van der Waals surface area contributed by atoms with Gasteiger partial charge in [-0.3, -0.25) is 0 Å². The van der Waals surface area contributed by atoms with E-state index in [1.807, 2.05) is 19.2 Å². The second kappa shape index (κ2) is 4.53. The summed E-state index contributed by atoms with van der Waals surface area (Å²) < 4.78 is 0.828. The van der Waals surface area contributed by atoms with E-state index in [-0.39, 0.29) is 0 Å². The Hall–Kier alpha value is -0.680. The van der Waals surface area contributed by atoms with Crippen molar-refractivity contribution < 1.29 is 0 Å². The van der Waals surface area contributed by atoms with Gasteiger partial charge in [0.05, 0.1) is 0 Å². The van der Waals surface area contributed by atoms with Crippen molar-refractivity contribution in [2.75, 3.05) is 7.05 Å².